The molecule has 84 valence electrons. The molecule has 1 atom stereocenters. The first-order chi connectivity index (χ1) is 7.67. The second-order valence-corrected chi connectivity index (χ2v) is 4.30. The van der Waals surface area contributed by atoms with Crippen molar-refractivity contribution in [2.45, 2.75) is 12.5 Å². The Labute approximate surface area is 99.4 Å². The van der Waals surface area contributed by atoms with Gasteiger partial charge in [-0.3, -0.25) is 0 Å². The molecule has 0 radical (unpaired) electrons. The van der Waals surface area contributed by atoms with Crippen LogP contribution in [0.25, 0.3) is 0 Å². The monoisotopic (exact) mass is 237 g/mol. The molecule has 1 fully saturated rings. The van der Waals surface area contributed by atoms with Gasteiger partial charge in [-0.05, 0) is 13.5 Å². The van der Waals surface area contributed by atoms with Crippen molar-refractivity contribution < 1.29 is 4.74 Å². The Morgan fingerprint density at radius 3 is 3.06 bits per heavy atom. The molecule has 0 bridgehead atoms. The van der Waals surface area contributed by atoms with E-state index < -0.39 is 0 Å². The smallest absolute Gasteiger partial charge is 0.145 e. The summed E-state index contributed by atoms with van der Waals surface area (Å²) in [7, 11) is 2.06. The fourth-order valence-electron chi connectivity index (χ4n) is 1.78. The molecule has 0 saturated carbocycles. The zero-order valence-corrected chi connectivity index (χ0v) is 9.74. The SMILES string of the molecule is CN1CCC(Oc2cc(Cl)nc(C#N)c2)C1. The molecule has 0 amide bonds. The molecule has 2 rings (SSSR count). The lowest BCUT2D eigenvalue weighted by Crippen LogP contribution is -2.21. The van der Waals surface area contributed by atoms with E-state index in [0.717, 1.165) is 19.5 Å². The molecule has 1 aromatic rings. The van der Waals surface area contributed by atoms with Gasteiger partial charge in [0.25, 0.3) is 0 Å². The number of pyridine rings is 1. The third kappa shape index (κ3) is 2.63. The second-order valence-electron chi connectivity index (χ2n) is 3.91. The predicted octanol–water partition coefficient (Wildman–Crippen LogP) is 1.69. The minimum atomic E-state index is 0.176. The van der Waals surface area contributed by atoms with Gasteiger partial charge in [-0.2, -0.15) is 5.26 Å². The second kappa shape index (κ2) is 4.69. The van der Waals surface area contributed by atoms with Gasteiger partial charge in [0, 0.05) is 25.2 Å². The lowest BCUT2D eigenvalue weighted by Gasteiger charge is -2.13. The Kier molecular flexibility index (Phi) is 3.28. The van der Waals surface area contributed by atoms with E-state index in [-0.39, 0.29) is 11.8 Å². The lowest BCUT2D eigenvalue weighted by atomic mass is 10.3. The van der Waals surface area contributed by atoms with Crippen molar-refractivity contribution in [2.75, 3.05) is 20.1 Å². The number of hydrogen-bond donors (Lipinski definition) is 0. The van der Waals surface area contributed by atoms with E-state index in [1.54, 1.807) is 12.1 Å². The molecule has 1 aliphatic heterocycles. The third-order valence-corrected chi connectivity index (χ3v) is 2.73. The van der Waals surface area contributed by atoms with Crippen LogP contribution in [0.3, 0.4) is 0 Å². The number of halogens is 1. The number of nitriles is 1. The average molecular weight is 238 g/mol. The molecule has 2 heterocycles. The standard InChI is InChI=1S/C11H12ClN3O/c1-15-3-2-9(7-15)16-10-4-8(6-13)14-11(12)5-10/h4-5,9H,2-3,7H2,1H3. The van der Waals surface area contributed by atoms with E-state index >= 15 is 0 Å². The fraction of sp³-hybridized carbons (Fsp3) is 0.455. The van der Waals surface area contributed by atoms with E-state index in [9.17, 15) is 0 Å². The quantitative estimate of drug-likeness (QED) is 0.735. The summed E-state index contributed by atoms with van der Waals surface area (Å²) in [5.41, 5.74) is 0.286. The first kappa shape index (κ1) is 11.2. The molecular formula is C11H12ClN3O. The van der Waals surface area contributed by atoms with Crippen LogP contribution in [0.15, 0.2) is 12.1 Å². The first-order valence-electron chi connectivity index (χ1n) is 5.10. The van der Waals surface area contributed by atoms with Gasteiger partial charge >= 0.3 is 0 Å². The highest BCUT2D eigenvalue weighted by molar-refractivity contribution is 6.29. The molecule has 5 heteroatoms. The van der Waals surface area contributed by atoms with Crippen molar-refractivity contribution in [3.8, 4) is 11.8 Å². The van der Waals surface area contributed by atoms with Gasteiger partial charge in [0.1, 0.15) is 28.8 Å². The number of ether oxygens (including phenoxy) is 1. The Morgan fingerprint density at radius 1 is 1.62 bits per heavy atom. The number of likely N-dealkylation sites (tertiary alicyclic amines) is 1. The topological polar surface area (TPSA) is 49.1 Å². The predicted molar refractivity (Wildman–Crippen MR) is 60.5 cm³/mol. The summed E-state index contributed by atoms with van der Waals surface area (Å²) in [6, 6.07) is 5.21. The largest absolute Gasteiger partial charge is 0.489 e. The van der Waals surface area contributed by atoms with Gasteiger partial charge < -0.3 is 9.64 Å². The zero-order chi connectivity index (χ0) is 11.5. The molecule has 0 aromatic carbocycles. The maximum atomic E-state index is 8.75. The molecular weight excluding hydrogens is 226 g/mol. The number of aromatic nitrogens is 1. The van der Waals surface area contributed by atoms with Crippen molar-refractivity contribution in [3.05, 3.63) is 23.0 Å². The number of hydrogen-bond acceptors (Lipinski definition) is 4. The molecule has 16 heavy (non-hydrogen) atoms. The van der Waals surface area contributed by atoms with Crippen LogP contribution in [0.2, 0.25) is 5.15 Å². The van der Waals surface area contributed by atoms with Gasteiger partial charge in [-0.1, -0.05) is 11.6 Å². The molecule has 1 saturated heterocycles. The summed E-state index contributed by atoms with van der Waals surface area (Å²) in [5, 5.41) is 9.05. The first-order valence-corrected chi connectivity index (χ1v) is 5.48. The average Bonchev–Trinajstić information content (AvgIpc) is 2.63. The van der Waals surface area contributed by atoms with Crippen molar-refractivity contribution in [3.63, 3.8) is 0 Å². The van der Waals surface area contributed by atoms with Crippen LogP contribution in [0, 0.1) is 11.3 Å². The van der Waals surface area contributed by atoms with E-state index in [2.05, 4.69) is 16.9 Å². The van der Waals surface area contributed by atoms with Gasteiger partial charge in [-0.25, -0.2) is 4.98 Å². The van der Waals surface area contributed by atoms with Crippen LogP contribution >= 0.6 is 11.6 Å². The number of likely N-dealkylation sites (N-methyl/N-ethyl adjacent to an activating group) is 1. The summed E-state index contributed by atoms with van der Waals surface area (Å²) in [6.07, 6.45) is 1.17. The highest BCUT2D eigenvalue weighted by Gasteiger charge is 2.21. The Morgan fingerprint density at radius 2 is 2.44 bits per heavy atom. The summed E-state index contributed by atoms with van der Waals surface area (Å²) >= 11 is 5.79. The van der Waals surface area contributed by atoms with Crippen LogP contribution in [0.4, 0.5) is 0 Å². The minimum absolute atomic E-state index is 0.176. The molecule has 0 aliphatic carbocycles. The maximum absolute atomic E-state index is 8.75. The summed E-state index contributed by atoms with van der Waals surface area (Å²) in [6.45, 7) is 1.94. The molecule has 1 aliphatic rings. The summed E-state index contributed by atoms with van der Waals surface area (Å²) in [5.74, 6) is 0.622. The highest BCUT2D eigenvalue weighted by Crippen LogP contribution is 2.21. The summed E-state index contributed by atoms with van der Waals surface area (Å²) in [4.78, 5) is 6.06. The van der Waals surface area contributed by atoms with E-state index in [1.165, 1.54) is 0 Å². The van der Waals surface area contributed by atoms with Gasteiger partial charge in [0.15, 0.2) is 0 Å². The molecule has 1 unspecified atom stereocenters. The fourth-order valence-corrected chi connectivity index (χ4v) is 1.98. The van der Waals surface area contributed by atoms with Gasteiger partial charge in [-0.15, -0.1) is 0 Å². The maximum Gasteiger partial charge on any atom is 0.145 e. The Bertz CT molecular complexity index is 430. The number of nitrogens with zero attached hydrogens (tertiary/aromatic N) is 3. The van der Waals surface area contributed by atoms with Crippen molar-refractivity contribution in [1.82, 2.24) is 9.88 Å². The minimum Gasteiger partial charge on any atom is -0.489 e. The van der Waals surface area contributed by atoms with E-state index in [0.29, 0.717) is 10.9 Å². The Balaban J connectivity index is 2.10. The molecule has 1 aromatic heterocycles. The zero-order valence-electron chi connectivity index (χ0n) is 8.98. The van der Waals surface area contributed by atoms with Gasteiger partial charge in [0.2, 0.25) is 0 Å². The van der Waals surface area contributed by atoms with E-state index in [4.69, 9.17) is 21.6 Å². The number of rotatable bonds is 2. The normalized spacial score (nSPS) is 20.7. The Hall–Kier alpha value is -1.31. The molecule has 4 nitrogen and oxygen atoms in total. The summed E-state index contributed by atoms with van der Waals surface area (Å²) < 4.78 is 5.75. The lowest BCUT2D eigenvalue weighted by molar-refractivity contribution is 0.208. The van der Waals surface area contributed by atoms with Crippen molar-refractivity contribution >= 4 is 11.6 Å². The third-order valence-electron chi connectivity index (χ3n) is 2.53. The molecule has 0 spiro atoms. The van der Waals surface area contributed by atoms with E-state index in [1.807, 2.05) is 6.07 Å². The van der Waals surface area contributed by atoms with Crippen LogP contribution in [-0.4, -0.2) is 36.1 Å². The van der Waals surface area contributed by atoms with Crippen molar-refractivity contribution in [2.24, 2.45) is 0 Å². The van der Waals surface area contributed by atoms with Crippen LogP contribution in [0.5, 0.6) is 5.75 Å². The highest BCUT2D eigenvalue weighted by atomic mass is 35.5. The van der Waals surface area contributed by atoms with Crippen LogP contribution in [0.1, 0.15) is 12.1 Å². The molecule has 0 N–H and O–H groups in total. The van der Waals surface area contributed by atoms with Crippen LogP contribution in [-0.2, 0) is 0 Å². The van der Waals surface area contributed by atoms with Crippen LogP contribution < -0.4 is 4.74 Å². The van der Waals surface area contributed by atoms with Crippen molar-refractivity contribution in [1.29, 1.82) is 5.26 Å². The van der Waals surface area contributed by atoms with Gasteiger partial charge in [0.05, 0.1) is 0 Å².